The minimum Gasteiger partial charge on any atom is -0.481 e. The van der Waals surface area contributed by atoms with Crippen molar-refractivity contribution in [3.05, 3.63) is 59.3 Å². The Morgan fingerprint density at radius 1 is 0.750 bits per heavy atom. The molecule has 0 saturated carbocycles. The second-order valence-corrected chi connectivity index (χ2v) is 12.7. The number of carboxylic acids is 4. The minimum absolute atomic E-state index is 0.00689. The summed E-state index contributed by atoms with van der Waals surface area (Å²) in [6, 6.07) is 8.98. The summed E-state index contributed by atoms with van der Waals surface area (Å²) in [7, 11) is 0. The fourth-order valence-electron chi connectivity index (χ4n) is 5.58. The summed E-state index contributed by atoms with van der Waals surface area (Å²) in [6.45, 7) is -0.0805. The van der Waals surface area contributed by atoms with Crippen LogP contribution in [0.3, 0.4) is 0 Å². The fourth-order valence-corrected chi connectivity index (χ4v) is 5.58. The molecule has 3 rings (SSSR count). The van der Waals surface area contributed by atoms with Crippen LogP contribution in [0.15, 0.2) is 42.6 Å². The number of carbonyl (C=O) groups is 8. The Balaban J connectivity index is 1.34. The molecule has 1 aromatic heterocycles. The van der Waals surface area contributed by atoms with Gasteiger partial charge in [0.25, 0.3) is 11.8 Å². The number of benzene rings is 1. The predicted molar refractivity (Wildman–Crippen MR) is 197 cm³/mol. The van der Waals surface area contributed by atoms with Crippen molar-refractivity contribution < 1.29 is 58.8 Å². The van der Waals surface area contributed by atoms with Crippen LogP contribution in [0.1, 0.15) is 39.1 Å². The molecular weight excluding hydrogens is 738 g/mol. The van der Waals surface area contributed by atoms with E-state index in [4.69, 9.17) is 10.2 Å². The summed E-state index contributed by atoms with van der Waals surface area (Å²) in [5.74, 6) is -6.06. The number of pyridine rings is 1. The van der Waals surface area contributed by atoms with Gasteiger partial charge >= 0.3 is 23.9 Å². The van der Waals surface area contributed by atoms with Crippen molar-refractivity contribution in [3.63, 3.8) is 0 Å². The van der Waals surface area contributed by atoms with Gasteiger partial charge in [-0.1, -0.05) is 12.1 Å². The van der Waals surface area contributed by atoms with Crippen LogP contribution < -0.4 is 26.6 Å². The maximum Gasteiger partial charge on any atom is 0.321 e. The van der Waals surface area contributed by atoms with E-state index >= 15 is 0 Å². The van der Waals surface area contributed by atoms with Gasteiger partial charge in [-0.15, -0.1) is 0 Å². The fraction of sp³-hybridized carbons (Fsp3) is 0.457. The van der Waals surface area contributed by atoms with Gasteiger partial charge in [-0.2, -0.15) is 0 Å². The maximum absolute atomic E-state index is 13.0. The van der Waals surface area contributed by atoms with Crippen LogP contribution in [0.25, 0.3) is 0 Å². The number of nitrogens with one attached hydrogen (secondary N) is 5. The number of amides is 4. The van der Waals surface area contributed by atoms with Crippen LogP contribution in [0, 0.1) is 0 Å². The first-order valence-corrected chi connectivity index (χ1v) is 17.7. The van der Waals surface area contributed by atoms with E-state index in [1.807, 2.05) is 12.1 Å². The highest BCUT2D eigenvalue weighted by atomic mass is 16.4. The molecule has 0 aliphatic carbocycles. The summed E-state index contributed by atoms with van der Waals surface area (Å²) >= 11 is 0. The van der Waals surface area contributed by atoms with Crippen LogP contribution in [0.4, 0.5) is 5.82 Å². The molecule has 0 radical (unpaired) electrons. The average Bonchev–Trinajstić information content (AvgIpc) is 3.45. The quantitative estimate of drug-likeness (QED) is 0.0434. The third-order valence-corrected chi connectivity index (χ3v) is 8.32. The number of aromatic nitrogens is 1. The Morgan fingerprint density at radius 2 is 1.45 bits per heavy atom. The molecular formula is C35H47N9O12. The third kappa shape index (κ3) is 16.0. The Bertz CT molecular complexity index is 1710. The van der Waals surface area contributed by atoms with Crippen LogP contribution in [0.2, 0.25) is 0 Å². The molecule has 1 aliphatic rings. The Kier molecular flexibility index (Phi) is 18.1. The number of rotatable bonds is 27. The molecule has 21 nitrogen and oxygen atoms in total. The lowest BCUT2D eigenvalue weighted by Crippen LogP contribution is -2.47. The number of carboxylic acid groups (broad SMARTS) is 4. The van der Waals surface area contributed by atoms with Crippen molar-refractivity contribution in [1.29, 1.82) is 0 Å². The maximum atomic E-state index is 13.0. The topological polar surface area (TPSA) is 300 Å². The standard InChI is InChI=1S/C35H47N9O12/c45-28(6-8-41-33(53)23-4-5-24-19-44(34(54)25(24)17-23)14-12-38-27-3-1-2-7-37-27)39-9-10-40-29(46)20-43(22-32(51)52)16-15-42(21-31(49)50)13-11-36-26(35(55)56)18-30(47)48/h1-5,7,17,26,36H,6,8-16,18-22H2,(H,37,38)(H,39,45)(H,40,46)(H,41,53)(H,47,48)(H,49,50)(H,51,52)(H,55,56). The molecule has 2 heterocycles. The number of fused-ring (bicyclic) bond motifs is 1. The lowest BCUT2D eigenvalue weighted by atomic mass is 10.1. The van der Waals surface area contributed by atoms with E-state index in [9.17, 15) is 48.6 Å². The normalized spacial score (nSPS) is 12.5. The van der Waals surface area contributed by atoms with Gasteiger partial charge in [0.15, 0.2) is 0 Å². The van der Waals surface area contributed by atoms with Crippen LogP contribution in [-0.4, -0.2) is 172 Å². The molecule has 0 saturated heterocycles. The van der Waals surface area contributed by atoms with E-state index in [-0.39, 0.29) is 70.2 Å². The number of aliphatic carboxylic acids is 4. The molecule has 1 unspecified atom stereocenters. The largest absolute Gasteiger partial charge is 0.481 e. The van der Waals surface area contributed by atoms with Crippen molar-refractivity contribution in [3.8, 4) is 0 Å². The Labute approximate surface area is 321 Å². The van der Waals surface area contributed by atoms with Gasteiger partial charge in [-0.25, -0.2) is 4.98 Å². The molecule has 21 heteroatoms. The van der Waals surface area contributed by atoms with Gasteiger partial charge in [-0.3, -0.25) is 48.2 Å². The SMILES string of the molecule is O=C(O)CC(NCCN(CCN(CC(=O)O)CC(=O)NCCNC(=O)CCNC(=O)c1ccc2c(c1)C(=O)N(CCNc1ccccn1)C2)CC(=O)O)C(=O)O. The number of carbonyl (C=O) groups excluding carboxylic acids is 4. The first-order chi connectivity index (χ1) is 26.7. The van der Waals surface area contributed by atoms with Gasteiger partial charge in [0, 0.05) is 89.2 Å². The summed E-state index contributed by atoms with van der Waals surface area (Å²) in [5, 5.41) is 50.1. The van der Waals surface area contributed by atoms with E-state index in [1.54, 1.807) is 29.3 Å². The molecule has 2 aromatic rings. The Morgan fingerprint density at radius 3 is 2.11 bits per heavy atom. The van der Waals surface area contributed by atoms with Gasteiger partial charge in [0.05, 0.1) is 26.1 Å². The van der Waals surface area contributed by atoms with Crippen molar-refractivity contribution >= 4 is 53.3 Å². The van der Waals surface area contributed by atoms with E-state index < -0.39 is 67.2 Å². The molecule has 56 heavy (non-hydrogen) atoms. The summed E-state index contributed by atoms with van der Waals surface area (Å²) < 4.78 is 0. The van der Waals surface area contributed by atoms with Crippen LogP contribution >= 0.6 is 0 Å². The van der Waals surface area contributed by atoms with Crippen LogP contribution in [-0.2, 0) is 35.3 Å². The molecule has 1 aromatic carbocycles. The van der Waals surface area contributed by atoms with E-state index in [0.29, 0.717) is 31.0 Å². The highest BCUT2D eigenvalue weighted by Gasteiger charge is 2.28. The van der Waals surface area contributed by atoms with E-state index in [2.05, 4.69) is 31.6 Å². The van der Waals surface area contributed by atoms with Gasteiger partial charge < -0.3 is 51.9 Å². The summed E-state index contributed by atoms with van der Waals surface area (Å²) in [4.78, 5) is 104. The van der Waals surface area contributed by atoms with Crippen molar-refractivity contribution in [2.45, 2.75) is 25.4 Å². The summed E-state index contributed by atoms with van der Waals surface area (Å²) in [6.07, 6.45) is 0.916. The molecule has 1 aliphatic heterocycles. The highest BCUT2D eigenvalue weighted by molar-refractivity contribution is 6.02. The first kappa shape index (κ1) is 44.2. The van der Waals surface area contributed by atoms with Gasteiger partial charge in [0.2, 0.25) is 11.8 Å². The minimum atomic E-state index is -1.39. The summed E-state index contributed by atoms with van der Waals surface area (Å²) in [5.41, 5.74) is 1.53. The van der Waals surface area contributed by atoms with E-state index in [1.165, 1.54) is 15.9 Å². The van der Waals surface area contributed by atoms with Crippen molar-refractivity contribution in [1.82, 2.24) is 41.0 Å². The number of hydrogen-bond donors (Lipinski definition) is 9. The zero-order chi connectivity index (χ0) is 41.0. The monoisotopic (exact) mass is 785 g/mol. The molecule has 9 N–H and O–H groups in total. The average molecular weight is 786 g/mol. The van der Waals surface area contributed by atoms with E-state index in [0.717, 1.165) is 5.56 Å². The predicted octanol–water partition coefficient (Wildman–Crippen LogP) is -2.21. The second kappa shape index (κ2) is 22.9. The number of anilines is 1. The lowest BCUT2D eigenvalue weighted by molar-refractivity contribution is -0.146. The van der Waals surface area contributed by atoms with Crippen molar-refractivity contribution in [2.24, 2.45) is 0 Å². The molecule has 304 valence electrons. The second-order valence-electron chi connectivity index (χ2n) is 12.7. The molecule has 0 spiro atoms. The van der Waals surface area contributed by atoms with Gasteiger partial charge in [-0.05, 0) is 29.8 Å². The van der Waals surface area contributed by atoms with Gasteiger partial charge in [0.1, 0.15) is 11.9 Å². The smallest absolute Gasteiger partial charge is 0.321 e. The van der Waals surface area contributed by atoms with Crippen LogP contribution in [0.5, 0.6) is 0 Å². The lowest BCUT2D eigenvalue weighted by Gasteiger charge is -2.26. The molecule has 4 amide bonds. The zero-order valence-electron chi connectivity index (χ0n) is 30.6. The molecule has 0 fully saturated rings. The molecule has 1 atom stereocenters. The first-order valence-electron chi connectivity index (χ1n) is 17.7. The third-order valence-electron chi connectivity index (χ3n) is 8.32. The number of hydrogen-bond acceptors (Lipinski definition) is 13. The zero-order valence-corrected chi connectivity index (χ0v) is 30.6. The van der Waals surface area contributed by atoms with Crippen molar-refractivity contribution in [2.75, 3.05) is 83.9 Å². The Hall–Kier alpha value is -6.19. The number of nitrogens with zero attached hydrogens (tertiary/aromatic N) is 4. The molecule has 0 bridgehead atoms. The highest BCUT2D eigenvalue weighted by Crippen LogP contribution is 2.23.